The Morgan fingerprint density at radius 1 is 0.962 bits per heavy atom. The molecule has 6 nitrogen and oxygen atoms in total. The van der Waals surface area contributed by atoms with Crippen LogP contribution in [0.5, 0.6) is 0 Å². The molecule has 3 amide bonds. The zero-order chi connectivity index (χ0) is 18.3. The second kappa shape index (κ2) is 6.07. The Morgan fingerprint density at radius 2 is 1.62 bits per heavy atom. The predicted molar refractivity (Wildman–Crippen MR) is 96.8 cm³/mol. The number of pyridine rings is 1. The number of aromatic nitrogens is 1. The fourth-order valence-electron chi connectivity index (χ4n) is 3.12. The lowest BCUT2D eigenvalue weighted by Gasteiger charge is -2.22. The lowest BCUT2D eigenvalue weighted by Crippen LogP contribution is -2.45. The Hall–Kier alpha value is -3.54. The predicted octanol–water partition coefficient (Wildman–Crippen LogP) is 2.86. The maximum absolute atomic E-state index is 12.7. The van der Waals surface area contributed by atoms with Gasteiger partial charge >= 0.3 is 0 Å². The molecule has 26 heavy (non-hydrogen) atoms. The molecule has 2 aromatic carbocycles. The molecule has 1 aliphatic rings. The van der Waals surface area contributed by atoms with Gasteiger partial charge in [-0.1, -0.05) is 30.3 Å². The molecule has 1 atom stereocenters. The van der Waals surface area contributed by atoms with Crippen molar-refractivity contribution in [2.24, 2.45) is 0 Å². The number of fused-ring (bicyclic) bond motifs is 2. The molecular weight excluding hydrogens is 330 g/mol. The molecule has 3 aromatic rings. The van der Waals surface area contributed by atoms with Gasteiger partial charge in [0, 0.05) is 11.6 Å². The van der Waals surface area contributed by atoms with E-state index in [1.54, 1.807) is 36.5 Å². The maximum Gasteiger partial charge on any atom is 0.262 e. The van der Waals surface area contributed by atoms with Gasteiger partial charge < -0.3 is 5.32 Å². The largest absolute Gasteiger partial charge is 0.322 e. The van der Waals surface area contributed by atoms with Crippen molar-refractivity contribution in [1.82, 2.24) is 9.88 Å². The summed E-state index contributed by atoms with van der Waals surface area (Å²) in [7, 11) is 0. The number of anilines is 1. The monoisotopic (exact) mass is 345 g/mol. The lowest BCUT2D eigenvalue weighted by atomic mass is 10.1. The van der Waals surface area contributed by atoms with Crippen molar-refractivity contribution in [2.75, 3.05) is 5.32 Å². The third kappa shape index (κ3) is 2.43. The van der Waals surface area contributed by atoms with Crippen LogP contribution in [0.15, 0.2) is 60.8 Å². The van der Waals surface area contributed by atoms with Crippen LogP contribution >= 0.6 is 0 Å². The van der Waals surface area contributed by atoms with Crippen molar-refractivity contribution < 1.29 is 14.4 Å². The van der Waals surface area contributed by atoms with Gasteiger partial charge in [-0.2, -0.15) is 0 Å². The number of hydrogen-bond donors (Lipinski definition) is 1. The number of amides is 3. The van der Waals surface area contributed by atoms with E-state index >= 15 is 0 Å². The molecule has 0 saturated heterocycles. The fourth-order valence-corrected chi connectivity index (χ4v) is 3.12. The van der Waals surface area contributed by atoms with Gasteiger partial charge in [-0.3, -0.25) is 24.3 Å². The van der Waals surface area contributed by atoms with Crippen molar-refractivity contribution in [2.45, 2.75) is 13.0 Å². The molecule has 0 radical (unpaired) electrons. The summed E-state index contributed by atoms with van der Waals surface area (Å²) in [6.45, 7) is 1.54. The number of benzene rings is 2. The van der Waals surface area contributed by atoms with Crippen molar-refractivity contribution in [3.8, 4) is 0 Å². The number of carbonyl (C=O) groups excluding carboxylic acids is 3. The fraction of sp³-hybridized carbons (Fsp3) is 0.100. The Morgan fingerprint density at radius 3 is 2.31 bits per heavy atom. The number of nitrogens with zero attached hydrogens (tertiary/aromatic N) is 2. The van der Waals surface area contributed by atoms with Gasteiger partial charge in [0.15, 0.2) is 0 Å². The number of para-hydroxylation sites is 1. The average Bonchev–Trinajstić information content (AvgIpc) is 2.92. The zero-order valence-corrected chi connectivity index (χ0v) is 14.0. The minimum Gasteiger partial charge on any atom is -0.322 e. The summed E-state index contributed by atoms with van der Waals surface area (Å²) in [4.78, 5) is 43.1. The number of hydrogen-bond acceptors (Lipinski definition) is 4. The van der Waals surface area contributed by atoms with Crippen LogP contribution in [0, 0.1) is 0 Å². The van der Waals surface area contributed by atoms with Crippen LogP contribution < -0.4 is 5.32 Å². The van der Waals surface area contributed by atoms with Gasteiger partial charge in [-0.25, -0.2) is 0 Å². The first-order valence-electron chi connectivity index (χ1n) is 8.19. The third-order valence-corrected chi connectivity index (χ3v) is 4.48. The lowest BCUT2D eigenvalue weighted by molar-refractivity contribution is -0.119. The summed E-state index contributed by atoms with van der Waals surface area (Å²) in [5, 5.41) is 3.67. The Balaban J connectivity index is 1.61. The first-order valence-corrected chi connectivity index (χ1v) is 8.19. The minimum absolute atomic E-state index is 0.323. The molecule has 6 heteroatoms. The third-order valence-electron chi connectivity index (χ3n) is 4.48. The van der Waals surface area contributed by atoms with Crippen LogP contribution in [-0.2, 0) is 4.79 Å². The molecule has 2 heterocycles. The molecular formula is C20H15N3O3. The van der Waals surface area contributed by atoms with Gasteiger partial charge in [-0.05, 0) is 31.2 Å². The van der Waals surface area contributed by atoms with Gasteiger partial charge in [0.25, 0.3) is 11.8 Å². The van der Waals surface area contributed by atoms with Crippen LogP contribution in [-0.4, -0.2) is 33.6 Å². The molecule has 1 N–H and O–H groups in total. The van der Waals surface area contributed by atoms with Gasteiger partial charge in [-0.15, -0.1) is 0 Å². The van der Waals surface area contributed by atoms with Crippen molar-refractivity contribution in [1.29, 1.82) is 0 Å². The first-order chi connectivity index (χ1) is 12.6. The highest BCUT2D eigenvalue weighted by Crippen LogP contribution is 2.26. The Labute approximate surface area is 149 Å². The van der Waals surface area contributed by atoms with Crippen LogP contribution in [0.3, 0.4) is 0 Å². The van der Waals surface area contributed by atoms with E-state index in [0.717, 1.165) is 10.3 Å². The highest BCUT2D eigenvalue weighted by atomic mass is 16.2. The van der Waals surface area contributed by atoms with Gasteiger partial charge in [0.2, 0.25) is 5.91 Å². The molecule has 128 valence electrons. The van der Waals surface area contributed by atoms with Crippen LogP contribution in [0.2, 0.25) is 0 Å². The van der Waals surface area contributed by atoms with E-state index < -0.39 is 23.8 Å². The van der Waals surface area contributed by atoms with Crippen LogP contribution in [0.4, 0.5) is 5.69 Å². The number of imide groups is 1. The van der Waals surface area contributed by atoms with Gasteiger partial charge in [0.05, 0.1) is 22.3 Å². The molecule has 1 aliphatic heterocycles. The van der Waals surface area contributed by atoms with E-state index in [0.29, 0.717) is 22.3 Å². The minimum atomic E-state index is -0.943. The first kappa shape index (κ1) is 16.0. The number of carbonyl (C=O) groups is 3. The van der Waals surface area contributed by atoms with E-state index in [2.05, 4.69) is 10.3 Å². The second-order valence-electron chi connectivity index (χ2n) is 6.07. The van der Waals surface area contributed by atoms with Crippen LogP contribution in [0.25, 0.3) is 10.9 Å². The SMILES string of the molecule is CC(C(=O)Nc1cccc2cccnc12)N1C(=O)c2ccccc2C1=O. The summed E-state index contributed by atoms with van der Waals surface area (Å²) in [5.74, 6) is -1.36. The second-order valence-corrected chi connectivity index (χ2v) is 6.07. The highest BCUT2D eigenvalue weighted by molar-refractivity contribution is 6.23. The highest BCUT2D eigenvalue weighted by Gasteiger charge is 2.40. The van der Waals surface area contributed by atoms with Crippen molar-refractivity contribution in [3.63, 3.8) is 0 Å². The van der Waals surface area contributed by atoms with E-state index in [1.807, 2.05) is 24.3 Å². The zero-order valence-electron chi connectivity index (χ0n) is 14.0. The van der Waals surface area contributed by atoms with E-state index in [1.165, 1.54) is 6.92 Å². The van der Waals surface area contributed by atoms with E-state index in [-0.39, 0.29) is 0 Å². The molecule has 0 aliphatic carbocycles. The molecule has 0 bridgehead atoms. The molecule has 0 saturated carbocycles. The van der Waals surface area contributed by atoms with Crippen molar-refractivity contribution in [3.05, 3.63) is 71.9 Å². The maximum atomic E-state index is 12.7. The summed E-state index contributed by atoms with van der Waals surface area (Å²) in [6.07, 6.45) is 1.64. The number of nitrogens with one attached hydrogen (secondary N) is 1. The quantitative estimate of drug-likeness (QED) is 0.740. The smallest absolute Gasteiger partial charge is 0.262 e. The normalized spacial score (nSPS) is 14.4. The molecule has 0 spiro atoms. The van der Waals surface area contributed by atoms with Crippen molar-refractivity contribution >= 4 is 34.3 Å². The Bertz CT molecular complexity index is 1020. The summed E-state index contributed by atoms with van der Waals surface area (Å²) in [6, 6.07) is 14.8. The number of rotatable bonds is 3. The molecule has 1 aromatic heterocycles. The molecule has 0 fully saturated rings. The molecule has 1 unspecified atom stereocenters. The summed E-state index contributed by atoms with van der Waals surface area (Å²) < 4.78 is 0. The van der Waals surface area contributed by atoms with Gasteiger partial charge in [0.1, 0.15) is 6.04 Å². The van der Waals surface area contributed by atoms with E-state index in [9.17, 15) is 14.4 Å². The summed E-state index contributed by atoms with van der Waals surface area (Å²) in [5.41, 5.74) is 1.84. The Kier molecular flexibility index (Phi) is 3.73. The van der Waals surface area contributed by atoms with Crippen LogP contribution in [0.1, 0.15) is 27.6 Å². The molecule has 4 rings (SSSR count). The standard InChI is InChI=1S/C20H15N3O3/c1-12(23-19(25)14-8-2-3-9-15(14)20(23)26)18(24)22-16-10-4-6-13-7-5-11-21-17(13)16/h2-12H,1H3,(H,22,24). The van der Waals surface area contributed by atoms with E-state index in [4.69, 9.17) is 0 Å². The summed E-state index contributed by atoms with van der Waals surface area (Å²) >= 11 is 0. The average molecular weight is 345 g/mol. The topological polar surface area (TPSA) is 79.4 Å².